The Morgan fingerprint density at radius 1 is 1.29 bits per heavy atom. The number of benzene rings is 1. The summed E-state index contributed by atoms with van der Waals surface area (Å²) in [4.78, 5) is 23.7. The van der Waals surface area contributed by atoms with Crippen LogP contribution in [0, 0.1) is 5.92 Å². The van der Waals surface area contributed by atoms with Gasteiger partial charge in [0.1, 0.15) is 0 Å². The third-order valence-electron chi connectivity index (χ3n) is 4.36. The van der Waals surface area contributed by atoms with Crippen LogP contribution in [0.15, 0.2) is 24.3 Å². The fraction of sp³-hybridized carbons (Fsp3) is 0.529. The van der Waals surface area contributed by atoms with E-state index in [1.165, 1.54) is 0 Å². The van der Waals surface area contributed by atoms with Crippen LogP contribution in [0.25, 0.3) is 0 Å². The van der Waals surface area contributed by atoms with E-state index >= 15 is 0 Å². The molecule has 0 bridgehead atoms. The van der Waals surface area contributed by atoms with Gasteiger partial charge in [0, 0.05) is 17.0 Å². The molecule has 1 aromatic carbocycles. The molecule has 0 spiro atoms. The van der Waals surface area contributed by atoms with Crippen molar-refractivity contribution in [3.05, 3.63) is 34.9 Å². The summed E-state index contributed by atoms with van der Waals surface area (Å²) in [5.74, 6) is -0.468. The van der Waals surface area contributed by atoms with Crippen LogP contribution in [0.5, 0.6) is 0 Å². The van der Waals surface area contributed by atoms with E-state index in [1.54, 1.807) is 0 Å². The number of hydrogen-bond acceptors (Lipinski definition) is 3. The van der Waals surface area contributed by atoms with Gasteiger partial charge < -0.3 is 16.4 Å². The number of hydrogen-bond donors (Lipinski definition) is 3. The summed E-state index contributed by atoms with van der Waals surface area (Å²) in [5.41, 5.74) is 6.87. The van der Waals surface area contributed by atoms with Crippen LogP contribution >= 0.6 is 24.0 Å². The number of rotatable bonds is 7. The summed E-state index contributed by atoms with van der Waals surface area (Å²) in [6.45, 7) is 4.24. The van der Waals surface area contributed by atoms with Crippen LogP contribution in [-0.2, 0) is 15.0 Å². The van der Waals surface area contributed by atoms with E-state index in [2.05, 4.69) is 10.6 Å². The van der Waals surface area contributed by atoms with Crippen LogP contribution < -0.4 is 16.4 Å². The number of carbonyl (C=O) groups is 2. The van der Waals surface area contributed by atoms with Gasteiger partial charge in [0.2, 0.25) is 11.8 Å². The first-order valence-corrected chi connectivity index (χ1v) is 8.28. The van der Waals surface area contributed by atoms with Crippen LogP contribution in [-0.4, -0.2) is 30.9 Å². The summed E-state index contributed by atoms with van der Waals surface area (Å²) in [6.07, 6.45) is 2.05. The molecule has 1 saturated carbocycles. The van der Waals surface area contributed by atoms with Gasteiger partial charge in [-0.1, -0.05) is 37.6 Å². The second-order valence-corrected chi connectivity index (χ2v) is 6.99. The highest BCUT2D eigenvalue weighted by molar-refractivity contribution is 6.30. The van der Waals surface area contributed by atoms with Crippen molar-refractivity contribution in [3.8, 4) is 0 Å². The lowest BCUT2D eigenvalue weighted by atomic mass is 9.96. The molecule has 24 heavy (non-hydrogen) atoms. The molecule has 0 radical (unpaired) electrons. The molecule has 1 aliphatic carbocycles. The maximum Gasteiger partial charge on any atom is 0.239 e. The highest BCUT2D eigenvalue weighted by atomic mass is 35.5. The van der Waals surface area contributed by atoms with Gasteiger partial charge in [-0.15, -0.1) is 12.4 Å². The van der Waals surface area contributed by atoms with Crippen LogP contribution in [0.3, 0.4) is 0 Å². The smallest absolute Gasteiger partial charge is 0.239 e. The summed E-state index contributed by atoms with van der Waals surface area (Å²) in [7, 11) is 0. The van der Waals surface area contributed by atoms with E-state index in [0.717, 1.165) is 18.4 Å². The minimum Gasteiger partial charge on any atom is -0.354 e. The molecule has 2 amide bonds. The van der Waals surface area contributed by atoms with E-state index < -0.39 is 6.04 Å². The third-order valence-corrected chi connectivity index (χ3v) is 4.59. The average Bonchev–Trinajstić information content (AvgIpc) is 3.31. The van der Waals surface area contributed by atoms with Gasteiger partial charge in [-0.25, -0.2) is 0 Å². The second kappa shape index (κ2) is 8.70. The Morgan fingerprint density at radius 2 is 1.96 bits per heavy atom. The van der Waals surface area contributed by atoms with Crippen molar-refractivity contribution in [3.63, 3.8) is 0 Å². The minimum absolute atomic E-state index is 0. The van der Waals surface area contributed by atoms with Crippen molar-refractivity contribution >= 4 is 35.8 Å². The topological polar surface area (TPSA) is 84.2 Å². The zero-order chi connectivity index (χ0) is 17.0. The van der Waals surface area contributed by atoms with Crippen molar-refractivity contribution in [2.45, 2.75) is 38.1 Å². The Morgan fingerprint density at radius 3 is 2.50 bits per heavy atom. The first kappa shape index (κ1) is 20.7. The monoisotopic (exact) mass is 373 g/mol. The molecule has 0 unspecified atom stereocenters. The predicted octanol–water partition coefficient (Wildman–Crippen LogP) is 2.01. The molecular formula is C17H25Cl2N3O2. The molecule has 7 heteroatoms. The van der Waals surface area contributed by atoms with Crippen molar-refractivity contribution in [1.82, 2.24) is 10.6 Å². The molecule has 0 aliphatic heterocycles. The molecule has 1 aliphatic rings. The van der Waals surface area contributed by atoms with Gasteiger partial charge in [-0.3, -0.25) is 9.59 Å². The lowest BCUT2D eigenvalue weighted by Crippen LogP contribution is -2.47. The van der Waals surface area contributed by atoms with Crippen LogP contribution in [0.4, 0.5) is 0 Å². The molecular weight excluding hydrogens is 349 g/mol. The number of nitrogens with one attached hydrogen (secondary N) is 2. The minimum atomic E-state index is -0.593. The summed E-state index contributed by atoms with van der Waals surface area (Å²) in [5, 5.41) is 6.17. The van der Waals surface area contributed by atoms with Crippen molar-refractivity contribution < 1.29 is 9.59 Å². The molecule has 0 aromatic heterocycles. The normalized spacial score (nSPS) is 16.0. The lowest BCUT2D eigenvalue weighted by Gasteiger charge is -2.18. The van der Waals surface area contributed by atoms with Crippen molar-refractivity contribution in [2.24, 2.45) is 11.7 Å². The molecule has 1 atom stereocenters. The molecule has 0 saturated heterocycles. The zero-order valence-corrected chi connectivity index (χ0v) is 15.5. The van der Waals surface area contributed by atoms with E-state index in [9.17, 15) is 9.59 Å². The number of amides is 2. The van der Waals surface area contributed by atoms with Gasteiger partial charge >= 0.3 is 0 Å². The van der Waals surface area contributed by atoms with Gasteiger partial charge in [-0.2, -0.15) is 0 Å². The first-order chi connectivity index (χ1) is 10.8. The Kier molecular flexibility index (Phi) is 7.52. The molecule has 5 nitrogen and oxygen atoms in total. The maximum absolute atomic E-state index is 11.9. The van der Waals surface area contributed by atoms with Crippen molar-refractivity contribution in [1.29, 1.82) is 0 Å². The van der Waals surface area contributed by atoms with Gasteiger partial charge in [-0.05, 0) is 36.5 Å². The predicted molar refractivity (Wildman–Crippen MR) is 98.4 cm³/mol. The van der Waals surface area contributed by atoms with Crippen LogP contribution in [0.2, 0.25) is 5.02 Å². The number of carbonyl (C=O) groups excluding carboxylic acids is 2. The van der Waals surface area contributed by atoms with E-state index in [0.29, 0.717) is 11.6 Å². The quantitative estimate of drug-likeness (QED) is 0.683. The summed E-state index contributed by atoms with van der Waals surface area (Å²) in [6, 6.07) is 7.16. The third kappa shape index (κ3) is 5.36. The largest absolute Gasteiger partial charge is 0.354 e. The van der Waals surface area contributed by atoms with Crippen molar-refractivity contribution in [2.75, 3.05) is 13.1 Å². The van der Waals surface area contributed by atoms with Crippen LogP contribution in [0.1, 0.15) is 32.3 Å². The molecule has 0 heterocycles. The Bertz CT molecular complexity index is 589. The summed E-state index contributed by atoms with van der Waals surface area (Å²) < 4.78 is 0. The Labute approximate surface area is 154 Å². The van der Waals surface area contributed by atoms with E-state index in [4.69, 9.17) is 17.3 Å². The second-order valence-electron chi connectivity index (χ2n) is 6.56. The molecule has 1 aromatic rings. The van der Waals surface area contributed by atoms with E-state index in [-0.39, 0.29) is 42.1 Å². The SMILES string of the molecule is CC(C)[C@H](N)C(=O)NCC(=O)NCC1(c2cccc(Cl)c2)CC1.Cl. The molecule has 2 rings (SSSR count). The maximum atomic E-state index is 11.9. The fourth-order valence-electron chi connectivity index (χ4n) is 2.46. The zero-order valence-electron chi connectivity index (χ0n) is 14.0. The Balaban J connectivity index is 0.00000288. The standard InChI is InChI=1S/C17H24ClN3O2.ClH/c1-11(2)15(19)16(23)20-9-14(22)21-10-17(6-7-17)12-4-3-5-13(18)8-12;/h3-5,8,11,15H,6-7,9-10,19H2,1-2H3,(H,20,23)(H,21,22);1H/t15-;/m0./s1. The number of nitrogens with two attached hydrogens (primary N) is 1. The first-order valence-electron chi connectivity index (χ1n) is 7.90. The molecule has 1 fully saturated rings. The molecule has 4 N–H and O–H groups in total. The van der Waals surface area contributed by atoms with Gasteiger partial charge in [0.05, 0.1) is 12.6 Å². The Hall–Kier alpha value is -1.30. The fourth-order valence-corrected chi connectivity index (χ4v) is 2.65. The highest BCUT2D eigenvalue weighted by Gasteiger charge is 2.44. The number of halogens is 2. The highest BCUT2D eigenvalue weighted by Crippen LogP contribution is 2.48. The van der Waals surface area contributed by atoms with Gasteiger partial charge in [0.25, 0.3) is 0 Å². The van der Waals surface area contributed by atoms with Gasteiger partial charge in [0.15, 0.2) is 0 Å². The van der Waals surface area contributed by atoms with E-state index in [1.807, 2.05) is 38.1 Å². The lowest BCUT2D eigenvalue weighted by molar-refractivity contribution is -0.127. The average molecular weight is 374 g/mol. The molecule has 134 valence electrons. The summed E-state index contributed by atoms with van der Waals surface area (Å²) >= 11 is 6.03.